The van der Waals surface area contributed by atoms with Gasteiger partial charge in [-0.1, -0.05) is 0 Å². The van der Waals surface area contributed by atoms with Crippen LogP contribution in [0, 0.1) is 6.92 Å². The van der Waals surface area contributed by atoms with E-state index < -0.39 is 0 Å². The normalized spacial score (nSPS) is 9.94. The van der Waals surface area contributed by atoms with Crippen molar-refractivity contribution >= 4 is 6.29 Å². The van der Waals surface area contributed by atoms with Gasteiger partial charge in [0.2, 0.25) is 0 Å². The second-order valence-corrected chi connectivity index (χ2v) is 3.57. The van der Waals surface area contributed by atoms with Crippen LogP contribution in [0.4, 0.5) is 0 Å². The number of rotatable bonds is 6. The minimum absolute atomic E-state index is 0.505. The number of benzene rings is 1. The number of hydrogen-bond donors (Lipinski definition) is 0. The molecule has 3 nitrogen and oxygen atoms in total. The Balaban J connectivity index is 3.01. The van der Waals surface area contributed by atoms with Crippen molar-refractivity contribution in [1.29, 1.82) is 0 Å². The van der Waals surface area contributed by atoms with E-state index in [0.717, 1.165) is 28.9 Å². The topological polar surface area (TPSA) is 35.5 Å². The van der Waals surface area contributed by atoms with Crippen LogP contribution >= 0.6 is 0 Å². The van der Waals surface area contributed by atoms with Crippen molar-refractivity contribution in [3.8, 4) is 11.5 Å². The number of aldehydes is 1. The highest BCUT2D eigenvalue weighted by Gasteiger charge is 2.08. The highest BCUT2D eigenvalue weighted by Crippen LogP contribution is 2.29. The van der Waals surface area contributed by atoms with Gasteiger partial charge >= 0.3 is 0 Å². The molecule has 0 radical (unpaired) electrons. The van der Waals surface area contributed by atoms with Crippen molar-refractivity contribution in [2.75, 3.05) is 13.7 Å². The SMILES string of the molecule is CCOc1cc(CCC=O)c(OC)cc1C. The predicted molar refractivity (Wildman–Crippen MR) is 63.3 cm³/mol. The molecule has 0 saturated heterocycles. The Morgan fingerprint density at radius 1 is 1.31 bits per heavy atom. The molecule has 0 aliphatic heterocycles. The first-order valence-electron chi connectivity index (χ1n) is 5.46. The molecule has 0 unspecified atom stereocenters. The summed E-state index contributed by atoms with van der Waals surface area (Å²) in [5, 5.41) is 0. The minimum Gasteiger partial charge on any atom is -0.496 e. The third-order valence-corrected chi connectivity index (χ3v) is 2.41. The fourth-order valence-electron chi connectivity index (χ4n) is 1.61. The molecule has 0 aliphatic carbocycles. The van der Waals surface area contributed by atoms with Crippen LogP contribution in [0.15, 0.2) is 12.1 Å². The molecule has 0 amide bonds. The lowest BCUT2D eigenvalue weighted by Crippen LogP contribution is -1.99. The van der Waals surface area contributed by atoms with E-state index in [1.165, 1.54) is 0 Å². The largest absolute Gasteiger partial charge is 0.496 e. The summed E-state index contributed by atoms with van der Waals surface area (Å²) in [6, 6.07) is 3.91. The van der Waals surface area contributed by atoms with Crippen LogP contribution in [0.2, 0.25) is 0 Å². The lowest BCUT2D eigenvalue weighted by molar-refractivity contribution is -0.107. The molecule has 16 heavy (non-hydrogen) atoms. The van der Waals surface area contributed by atoms with E-state index in [1.54, 1.807) is 7.11 Å². The zero-order chi connectivity index (χ0) is 12.0. The Hall–Kier alpha value is -1.51. The quantitative estimate of drug-likeness (QED) is 0.694. The average molecular weight is 222 g/mol. The first kappa shape index (κ1) is 12.6. The predicted octanol–water partition coefficient (Wildman–Crippen LogP) is 2.53. The summed E-state index contributed by atoms with van der Waals surface area (Å²) >= 11 is 0. The van der Waals surface area contributed by atoms with Crippen molar-refractivity contribution < 1.29 is 14.3 Å². The van der Waals surface area contributed by atoms with Crippen LogP contribution < -0.4 is 9.47 Å². The van der Waals surface area contributed by atoms with Gasteiger partial charge in [0.1, 0.15) is 17.8 Å². The van der Waals surface area contributed by atoms with Crippen LogP contribution in [0.3, 0.4) is 0 Å². The minimum atomic E-state index is 0.505. The van der Waals surface area contributed by atoms with Gasteiger partial charge in [0, 0.05) is 6.42 Å². The molecule has 1 aromatic carbocycles. The summed E-state index contributed by atoms with van der Waals surface area (Å²) in [6.45, 7) is 4.58. The highest BCUT2D eigenvalue weighted by atomic mass is 16.5. The van der Waals surface area contributed by atoms with E-state index in [-0.39, 0.29) is 0 Å². The summed E-state index contributed by atoms with van der Waals surface area (Å²) in [5.41, 5.74) is 2.07. The Labute approximate surface area is 96.4 Å². The monoisotopic (exact) mass is 222 g/mol. The number of methoxy groups -OCH3 is 1. The van der Waals surface area contributed by atoms with E-state index in [0.29, 0.717) is 19.4 Å². The summed E-state index contributed by atoms with van der Waals surface area (Å²) in [6.07, 6.45) is 2.11. The second kappa shape index (κ2) is 6.16. The number of carbonyl (C=O) groups is 1. The lowest BCUT2D eigenvalue weighted by atomic mass is 10.1. The van der Waals surface area contributed by atoms with Crippen LogP contribution in [0.25, 0.3) is 0 Å². The lowest BCUT2D eigenvalue weighted by Gasteiger charge is -2.13. The zero-order valence-electron chi connectivity index (χ0n) is 10.1. The Morgan fingerprint density at radius 2 is 2.06 bits per heavy atom. The molecule has 0 N–H and O–H groups in total. The molecule has 1 rings (SSSR count). The van der Waals surface area contributed by atoms with Crippen LogP contribution in [-0.2, 0) is 11.2 Å². The first-order chi connectivity index (χ1) is 7.72. The molecular weight excluding hydrogens is 204 g/mol. The molecule has 0 spiro atoms. The van der Waals surface area contributed by atoms with Gasteiger partial charge in [0.15, 0.2) is 0 Å². The standard InChI is InChI=1S/C13H18O3/c1-4-16-12-9-11(6-5-7-14)13(15-3)8-10(12)2/h7-9H,4-6H2,1-3H3. The summed E-state index contributed by atoms with van der Waals surface area (Å²) < 4.78 is 10.8. The molecule has 0 atom stereocenters. The molecule has 0 saturated carbocycles. The molecule has 0 heterocycles. The molecule has 3 heteroatoms. The van der Waals surface area contributed by atoms with Gasteiger partial charge < -0.3 is 14.3 Å². The van der Waals surface area contributed by atoms with E-state index in [9.17, 15) is 4.79 Å². The molecule has 88 valence electrons. The molecule has 0 aliphatic rings. The van der Waals surface area contributed by atoms with Crippen LogP contribution in [0.5, 0.6) is 11.5 Å². The highest BCUT2D eigenvalue weighted by molar-refractivity contribution is 5.52. The smallest absolute Gasteiger partial charge is 0.122 e. The molecule has 0 aromatic heterocycles. The summed E-state index contributed by atoms with van der Waals surface area (Å²) in [5.74, 6) is 1.69. The third-order valence-electron chi connectivity index (χ3n) is 2.41. The molecule has 0 bridgehead atoms. The summed E-state index contributed by atoms with van der Waals surface area (Å²) in [7, 11) is 1.64. The van der Waals surface area contributed by atoms with Gasteiger partial charge in [0.05, 0.1) is 13.7 Å². The maximum Gasteiger partial charge on any atom is 0.122 e. The van der Waals surface area contributed by atoms with Crippen LogP contribution in [0.1, 0.15) is 24.5 Å². The maximum atomic E-state index is 10.4. The van der Waals surface area contributed by atoms with Crippen molar-refractivity contribution in [1.82, 2.24) is 0 Å². The van der Waals surface area contributed by atoms with Crippen molar-refractivity contribution in [2.24, 2.45) is 0 Å². The van der Waals surface area contributed by atoms with E-state index in [1.807, 2.05) is 26.0 Å². The fraction of sp³-hybridized carbons (Fsp3) is 0.462. The number of aryl methyl sites for hydroxylation is 2. The van der Waals surface area contributed by atoms with Gasteiger partial charge in [-0.3, -0.25) is 0 Å². The van der Waals surface area contributed by atoms with Gasteiger partial charge in [-0.25, -0.2) is 0 Å². The van der Waals surface area contributed by atoms with Gasteiger partial charge in [-0.05, 0) is 43.5 Å². The van der Waals surface area contributed by atoms with Crippen LogP contribution in [-0.4, -0.2) is 20.0 Å². The van der Waals surface area contributed by atoms with E-state index in [4.69, 9.17) is 9.47 Å². The Bertz CT molecular complexity index is 358. The number of carbonyl (C=O) groups excluding carboxylic acids is 1. The van der Waals surface area contributed by atoms with E-state index >= 15 is 0 Å². The maximum absolute atomic E-state index is 10.4. The van der Waals surface area contributed by atoms with E-state index in [2.05, 4.69) is 0 Å². The summed E-state index contributed by atoms with van der Waals surface area (Å²) in [4.78, 5) is 10.4. The third kappa shape index (κ3) is 2.99. The Morgan fingerprint density at radius 3 is 2.62 bits per heavy atom. The molecule has 1 aromatic rings. The second-order valence-electron chi connectivity index (χ2n) is 3.57. The Kier molecular flexibility index (Phi) is 4.83. The average Bonchev–Trinajstić information content (AvgIpc) is 2.29. The molecule has 0 fully saturated rings. The fourth-order valence-corrected chi connectivity index (χ4v) is 1.61. The van der Waals surface area contributed by atoms with Gasteiger partial charge in [-0.2, -0.15) is 0 Å². The van der Waals surface area contributed by atoms with Crippen molar-refractivity contribution in [2.45, 2.75) is 26.7 Å². The first-order valence-corrected chi connectivity index (χ1v) is 5.46. The zero-order valence-corrected chi connectivity index (χ0v) is 10.1. The van der Waals surface area contributed by atoms with Crippen molar-refractivity contribution in [3.05, 3.63) is 23.3 Å². The number of hydrogen-bond acceptors (Lipinski definition) is 3. The molecular formula is C13H18O3. The number of ether oxygens (including phenoxy) is 2. The van der Waals surface area contributed by atoms with Crippen molar-refractivity contribution in [3.63, 3.8) is 0 Å². The van der Waals surface area contributed by atoms with Gasteiger partial charge in [0.25, 0.3) is 0 Å². The van der Waals surface area contributed by atoms with Gasteiger partial charge in [-0.15, -0.1) is 0 Å².